The molecule has 154 valence electrons. The molecule has 0 aliphatic carbocycles. The Morgan fingerprint density at radius 2 is 1.45 bits per heavy atom. The number of alkyl halides is 3. The van der Waals surface area contributed by atoms with E-state index in [0.29, 0.717) is 16.9 Å². The van der Waals surface area contributed by atoms with Gasteiger partial charge in [0.1, 0.15) is 6.17 Å². The highest BCUT2D eigenvalue weighted by Gasteiger charge is 2.34. The van der Waals surface area contributed by atoms with Crippen LogP contribution < -0.4 is 21.3 Å². The number of halogens is 4. The molecule has 6 nitrogen and oxygen atoms in total. The Kier molecular flexibility index (Phi) is 8.54. The summed E-state index contributed by atoms with van der Waals surface area (Å²) >= 11 is 26.5. The predicted molar refractivity (Wildman–Crippen MR) is 126 cm³/mol. The fraction of sp³-hybridized carbons (Fsp3) is 0.167. The molecule has 2 rings (SSSR count). The minimum absolute atomic E-state index is 0.129. The van der Waals surface area contributed by atoms with E-state index in [9.17, 15) is 9.59 Å². The van der Waals surface area contributed by atoms with E-state index in [2.05, 4.69) is 37.2 Å². The number of hydrogen-bond acceptors (Lipinski definition) is 3. The van der Waals surface area contributed by atoms with Crippen molar-refractivity contribution < 1.29 is 9.59 Å². The van der Waals surface area contributed by atoms with Crippen LogP contribution in [0.15, 0.2) is 53.0 Å². The molecule has 2 amide bonds. The fourth-order valence-electron chi connectivity index (χ4n) is 2.15. The molecular formula is C18H16BrCl3N4O2S. The third-order valence-corrected chi connectivity index (χ3v) is 4.85. The lowest BCUT2D eigenvalue weighted by molar-refractivity contribution is -0.114. The summed E-state index contributed by atoms with van der Waals surface area (Å²) in [5.74, 6) is -0.612. The van der Waals surface area contributed by atoms with Gasteiger partial charge in [0.25, 0.3) is 5.91 Å². The standard InChI is InChI=1S/C18H16BrCl3N4O2S/c1-10(27)23-13-6-8-14(9-7-13)24-17(29)26-16(18(20,21)22)25-15(28)11-2-4-12(19)5-3-11/h2-9,16H,1H3,(H,23,27)(H,25,28)(H2,24,26,29)/t16-/m1/s1. The maximum atomic E-state index is 12.4. The van der Waals surface area contributed by atoms with E-state index in [1.807, 2.05) is 0 Å². The molecule has 0 bridgehead atoms. The van der Waals surface area contributed by atoms with Crippen molar-refractivity contribution >= 4 is 91.3 Å². The summed E-state index contributed by atoms with van der Waals surface area (Å²) in [5, 5.41) is 11.1. The Bertz CT molecular complexity index is 889. The summed E-state index contributed by atoms with van der Waals surface area (Å²) in [6.07, 6.45) is -1.10. The van der Waals surface area contributed by atoms with Crippen LogP contribution in [0.3, 0.4) is 0 Å². The van der Waals surface area contributed by atoms with Crippen LogP contribution in [-0.4, -0.2) is 26.9 Å². The minimum Gasteiger partial charge on any atom is -0.339 e. The maximum absolute atomic E-state index is 12.4. The van der Waals surface area contributed by atoms with Crippen molar-refractivity contribution in [3.63, 3.8) is 0 Å². The van der Waals surface area contributed by atoms with Gasteiger partial charge in [0, 0.05) is 28.3 Å². The zero-order valence-corrected chi connectivity index (χ0v) is 19.6. The lowest BCUT2D eigenvalue weighted by Crippen LogP contribution is -2.56. The zero-order chi connectivity index (χ0) is 21.6. The average Bonchev–Trinajstić information content (AvgIpc) is 2.62. The molecular weight excluding hydrogens is 523 g/mol. The Morgan fingerprint density at radius 3 is 1.93 bits per heavy atom. The lowest BCUT2D eigenvalue weighted by Gasteiger charge is -2.27. The third-order valence-electron chi connectivity index (χ3n) is 3.45. The molecule has 0 fully saturated rings. The van der Waals surface area contributed by atoms with Crippen molar-refractivity contribution in [1.29, 1.82) is 0 Å². The van der Waals surface area contributed by atoms with Gasteiger partial charge >= 0.3 is 0 Å². The summed E-state index contributed by atoms with van der Waals surface area (Å²) in [6, 6.07) is 13.5. The van der Waals surface area contributed by atoms with E-state index < -0.39 is 15.9 Å². The molecule has 0 aliphatic rings. The van der Waals surface area contributed by atoms with Gasteiger partial charge in [0.15, 0.2) is 5.11 Å². The Hall–Kier alpha value is -1.58. The van der Waals surface area contributed by atoms with Gasteiger partial charge in [0.2, 0.25) is 9.70 Å². The van der Waals surface area contributed by atoms with Gasteiger partial charge < -0.3 is 21.3 Å². The molecule has 0 aliphatic heterocycles. The van der Waals surface area contributed by atoms with Crippen LogP contribution >= 0.6 is 63.0 Å². The largest absolute Gasteiger partial charge is 0.339 e. The number of rotatable bonds is 5. The molecule has 0 radical (unpaired) electrons. The summed E-state index contributed by atoms with van der Waals surface area (Å²) in [7, 11) is 0. The van der Waals surface area contributed by atoms with Crippen LogP contribution in [0.1, 0.15) is 17.3 Å². The molecule has 0 saturated carbocycles. The number of hydrogen-bond donors (Lipinski definition) is 4. The topological polar surface area (TPSA) is 82.3 Å². The second-order valence-electron chi connectivity index (χ2n) is 5.81. The smallest absolute Gasteiger partial charge is 0.252 e. The molecule has 2 aromatic rings. The van der Waals surface area contributed by atoms with Crippen LogP contribution in [-0.2, 0) is 4.79 Å². The highest BCUT2D eigenvalue weighted by Crippen LogP contribution is 2.29. The normalized spacial score (nSPS) is 11.9. The van der Waals surface area contributed by atoms with Gasteiger partial charge in [-0.1, -0.05) is 50.7 Å². The average molecular weight is 539 g/mol. The molecule has 11 heteroatoms. The van der Waals surface area contributed by atoms with Gasteiger partial charge in [-0.3, -0.25) is 9.59 Å². The van der Waals surface area contributed by atoms with Crippen molar-refractivity contribution in [1.82, 2.24) is 10.6 Å². The van der Waals surface area contributed by atoms with E-state index in [-0.39, 0.29) is 11.0 Å². The molecule has 0 heterocycles. The van der Waals surface area contributed by atoms with Crippen LogP contribution in [0.25, 0.3) is 0 Å². The first-order valence-electron chi connectivity index (χ1n) is 8.13. The van der Waals surface area contributed by atoms with Crippen LogP contribution in [0.2, 0.25) is 0 Å². The van der Waals surface area contributed by atoms with Gasteiger partial charge in [-0.25, -0.2) is 0 Å². The second-order valence-corrected chi connectivity index (χ2v) is 9.50. The van der Waals surface area contributed by atoms with Crippen molar-refractivity contribution in [2.45, 2.75) is 16.9 Å². The zero-order valence-electron chi connectivity index (χ0n) is 14.9. The highest BCUT2D eigenvalue weighted by atomic mass is 79.9. The van der Waals surface area contributed by atoms with Crippen LogP contribution in [0.5, 0.6) is 0 Å². The molecule has 0 aromatic heterocycles. The summed E-state index contributed by atoms with van der Waals surface area (Å²) < 4.78 is -1.04. The molecule has 0 spiro atoms. The lowest BCUT2D eigenvalue weighted by atomic mass is 10.2. The fourth-order valence-corrected chi connectivity index (χ4v) is 2.98. The SMILES string of the molecule is CC(=O)Nc1ccc(NC(=S)N[C@@H](NC(=O)c2ccc(Br)cc2)C(Cl)(Cl)Cl)cc1. The summed E-state index contributed by atoms with van der Waals surface area (Å²) in [6.45, 7) is 1.42. The first-order chi connectivity index (χ1) is 13.5. The van der Waals surface area contributed by atoms with E-state index in [4.69, 9.17) is 47.0 Å². The highest BCUT2D eigenvalue weighted by molar-refractivity contribution is 9.10. The Morgan fingerprint density at radius 1 is 0.931 bits per heavy atom. The van der Waals surface area contributed by atoms with E-state index in [1.165, 1.54) is 6.92 Å². The van der Waals surface area contributed by atoms with Crippen molar-refractivity contribution in [2.24, 2.45) is 0 Å². The molecule has 0 saturated heterocycles. The van der Waals surface area contributed by atoms with Crippen molar-refractivity contribution in [3.05, 3.63) is 58.6 Å². The number of anilines is 2. The second kappa shape index (κ2) is 10.4. The Labute approximate surface area is 196 Å². The van der Waals surface area contributed by atoms with Gasteiger partial charge in [-0.05, 0) is 60.7 Å². The Balaban J connectivity index is 2.02. The van der Waals surface area contributed by atoms with Crippen LogP contribution in [0.4, 0.5) is 11.4 Å². The molecule has 1 atom stereocenters. The van der Waals surface area contributed by atoms with Gasteiger partial charge in [-0.15, -0.1) is 0 Å². The molecule has 4 N–H and O–H groups in total. The predicted octanol–water partition coefficient (Wildman–Crippen LogP) is 4.82. The monoisotopic (exact) mass is 536 g/mol. The van der Waals surface area contributed by atoms with Gasteiger partial charge in [0.05, 0.1) is 0 Å². The van der Waals surface area contributed by atoms with Gasteiger partial charge in [-0.2, -0.15) is 0 Å². The van der Waals surface area contributed by atoms with E-state index in [1.54, 1.807) is 48.5 Å². The van der Waals surface area contributed by atoms with Crippen molar-refractivity contribution in [2.75, 3.05) is 10.6 Å². The quantitative estimate of drug-likeness (QED) is 0.249. The van der Waals surface area contributed by atoms with Crippen molar-refractivity contribution in [3.8, 4) is 0 Å². The summed E-state index contributed by atoms with van der Waals surface area (Å²) in [5.41, 5.74) is 1.67. The number of amides is 2. The number of carbonyl (C=O) groups is 2. The molecule has 0 unspecified atom stereocenters. The number of nitrogens with one attached hydrogen (secondary N) is 4. The van der Waals surface area contributed by atoms with E-state index in [0.717, 1.165) is 4.47 Å². The third kappa shape index (κ3) is 7.98. The first-order valence-corrected chi connectivity index (χ1v) is 10.5. The summed E-state index contributed by atoms with van der Waals surface area (Å²) in [4.78, 5) is 23.5. The number of thiocarbonyl (C=S) groups is 1. The van der Waals surface area contributed by atoms with Crippen LogP contribution in [0, 0.1) is 0 Å². The minimum atomic E-state index is -1.87. The maximum Gasteiger partial charge on any atom is 0.252 e. The molecule has 2 aromatic carbocycles. The number of carbonyl (C=O) groups excluding carboxylic acids is 2. The first kappa shape index (κ1) is 23.7. The molecule has 29 heavy (non-hydrogen) atoms. The van der Waals surface area contributed by atoms with E-state index >= 15 is 0 Å². The number of benzene rings is 2.